The molecule has 20 heavy (non-hydrogen) atoms. The maximum Gasteiger partial charge on any atom is 0.186 e. The second kappa shape index (κ2) is 4.47. The quantitative estimate of drug-likeness (QED) is 0.865. The number of anilines is 1. The number of ether oxygens (including phenoxy) is 1. The van der Waals surface area contributed by atoms with Crippen LogP contribution in [0.15, 0.2) is 18.2 Å². The predicted octanol–water partition coefficient (Wildman–Crippen LogP) is 2.29. The molecule has 0 radical (unpaired) electrons. The number of rotatable bonds is 4. The van der Waals surface area contributed by atoms with Crippen LogP contribution in [0.3, 0.4) is 0 Å². The maximum absolute atomic E-state index is 6.01. The van der Waals surface area contributed by atoms with Crippen LogP contribution in [-0.4, -0.2) is 26.8 Å². The first-order chi connectivity index (χ1) is 9.54. The number of nitrogens with zero attached hydrogens (tertiary/aromatic N) is 4. The van der Waals surface area contributed by atoms with E-state index in [1.54, 1.807) is 0 Å². The molecule has 0 aliphatic heterocycles. The van der Waals surface area contributed by atoms with E-state index in [0.717, 1.165) is 17.8 Å². The highest BCUT2D eigenvalue weighted by molar-refractivity contribution is 5.73. The van der Waals surface area contributed by atoms with Gasteiger partial charge in [-0.1, -0.05) is 19.9 Å². The van der Waals surface area contributed by atoms with Crippen LogP contribution in [0.25, 0.3) is 11.4 Å². The van der Waals surface area contributed by atoms with Crippen molar-refractivity contribution in [3.63, 3.8) is 0 Å². The highest BCUT2D eigenvalue weighted by Crippen LogP contribution is 2.56. The molecule has 0 spiro atoms. The molecule has 1 saturated carbocycles. The summed E-state index contributed by atoms with van der Waals surface area (Å²) < 4.78 is 7.55. The van der Waals surface area contributed by atoms with Crippen LogP contribution in [0.2, 0.25) is 0 Å². The summed E-state index contributed by atoms with van der Waals surface area (Å²) in [6.45, 7) is 6.92. The molecule has 106 valence electrons. The van der Waals surface area contributed by atoms with Crippen molar-refractivity contribution in [1.82, 2.24) is 20.2 Å². The lowest BCUT2D eigenvalue weighted by Gasteiger charge is -2.13. The number of hydrogen-bond donors (Lipinski definition) is 1. The molecule has 1 aromatic heterocycles. The molecule has 1 unspecified atom stereocenters. The molecule has 1 aliphatic rings. The zero-order valence-electron chi connectivity index (χ0n) is 12.0. The van der Waals surface area contributed by atoms with E-state index in [9.17, 15) is 0 Å². The van der Waals surface area contributed by atoms with Crippen molar-refractivity contribution in [3.8, 4) is 17.1 Å². The fraction of sp³-hybridized carbons (Fsp3) is 0.500. The molecular weight excluding hydrogens is 254 g/mol. The number of nitrogen functional groups attached to an aromatic ring is 1. The van der Waals surface area contributed by atoms with Crippen molar-refractivity contribution < 1.29 is 4.74 Å². The van der Waals surface area contributed by atoms with E-state index in [1.807, 2.05) is 29.8 Å². The van der Waals surface area contributed by atoms with Crippen molar-refractivity contribution in [3.05, 3.63) is 18.2 Å². The smallest absolute Gasteiger partial charge is 0.186 e. The summed E-state index contributed by atoms with van der Waals surface area (Å²) in [4.78, 5) is 0. The predicted molar refractivity (Wildman–Crippen MR) is 76.3 cm³/mol. The Morgan fingerprint density at radius 3 is 2.85 bits per heavy atom. The first kappa shape index (κ1) is 12.9. The first-order valence-electron chi connectivity index (χ1n) is 6.84. The van der Waals surface area contributed by atoms with Crippen LogP contribution < -0.4 is 10.5 Å². The normalized spacial score (nSPS) is 19.9. The summed E-state index contributed by atoms with van der Waals surface area (Å²) in [6, 6.07) is 6.00. The van der Waals surface area contributed by atoms with Gasteiger partial charge in [-0.25, -0.2) is 4.68 Å². The van der Waals surface area contributed by atoms with E-state index < -0.39 is 0 Å². The van der Waals surface area contributed by atoms with E-state index >= 15 is 0 Å². The Bertz CT molecular complexity index is 634. The summed E-state index contributed by atoms with van der Waals surface area (Å²) >= 11 is 0. The molecule has 1 heterocycles. The Kier molecular flexibility index (Phi) is 2.88. The lowest BCUT2D eigenvalue weighted by atomic mass is 10.1. The molecule has 1 fully saturated rings. The third-order valence-corrected chi connectivity index (χ3v) is 3.82. The number of aromatic nitrogens is 4. The molecule has 2 N–H and O–H groups in total. The third kappa shape index (κ3) is 2.01. The van der Waals surface area contributed by atoms with Crippen LogP contribution in [0, 0.1) is 5.41 Å². The molecule has 2 aromatic rings. The number of benzene rings is 1. The van der Waals surface area contributed by atoms with Gasteiger partial charge in [0.25, 0.3) is 0 Å². The Hall–Kier alpha value is -2.11. The minimum atomic E-state index is 0.246. The van der Waals surface area contributed by atoms with E-state index in [1.165, 1.54) is 0 Å². The highest BCUT2D eigenvalue weighted by Gasteiger charge is 2.49. The summed E-state index contributed by atoms with van der Waals surface area (Å²) in [5.74, 6) is 1.38. The van der Waals surface area contributed by atoms with Crippen molar-refractivity contribution >= 4 is 5.69 Å². The summed E-state index contributed by atoms with van der Waals surface area (Å²) in [5, 5.41) is 12.1. The molecule has 0 amide bonds. The molecule has 1 aliphatic carbocycles. The first-order valence-corrected chi connectivity index (χ1v) is 6.84. The zero-order valence-corrected chi connectivity index (χ0v) is 12.0. The van der Waals surface area contributed by atoms with Crippen molar-refractivity contribution in [2.75, 3.05) is 12.3 Å². The highest BCUT2D eigenvalue weighted by atomic mass is 16.5. The largest absolute Gasteiger partial charge is 0.491 e. The van der Waals surface area contributed by atoms with E-state index in [2.05, 4.69) is 29.4 Å². The van der Waals surface area contributed by atoms with Gasteiger partial charge >= 0.3 is 0 Å². The minimum absolute atomic E-state index is 0.246. The fourth-order valence-corrected chi connectivity index (χ4v) is 2.47. The second-order valence-corrected chi connectivity index (χ2v) is 5.81. The average Bonchev–Trinajstić information content (AvgIpc) is 2.85. The Labute approximate surface area is 117 Å². The van der Waals surface area contributed by atoms with Gasteiger partial charge in [0.15, 0.2) is 11.6 Å². The van der Waals surface area contributed by atoms with Crippen LogP contribution >= 0.6 is 0 Å². The lowest BCUT2D eigenvalue weighted by molar-refractivity contribution is 0.343. The summed E-state index contributed by atoms with van der Waals surface area (Å²) in [5.41, 5.74) is 7.70. The van der Waals surface area contributed by atoms with Gasteiger partial charge in [-0.05, 0) is 41.3 Å². The van der Waals surface area contributed by atoms with E-state index in [4.69, 9.17) is 10.5 Å². The van der Waals surface area contributed by atoms with Crippen LogP contribution in [0.4, 0.5) is 5.69 Å². The Morgan fingerprint density at radius 2 is 2.20 bits per heavy atom. The van der Waals surface area contributed by atoms with Crippen molar-refractivity contribution in [2.45, 2.75) is 33.2 Å². The van der Waals surface area contributed by atoms with Gasteiger partial charge in [-0.2, -0.15) is 0 Å². The van der Waals surface area contributed by atoms with Crippen LogP contribution in [0.1, 0.15) is 33.2 Å². The monoisotopic (exact) mass is 273 g/mol. The molecule has 1 atom stereocenters. The fourth-order valence-electron chi connectivity index (χ4n) is 2.47. The van der Waals surface area contributed by atoms with Gasteiger partial charge in [0.1, 0.15) is 0 Å². The van der Waals surface area contributed by atoms with Gasteiger partial charge in [-0.15, -0.1) is 5.10 Å². The standard InChI is InChI=1S/C14H19N5O/c1-4-20-12-9(6-5-7-10(12)15)13-16-17-18-19(13)11-8-14(11,2)3/h5-7,11H,4,8,15H2,1-3H3. The SMILES string of the molecule is CCOc1c(N)cccc1-c1nnnn1C1CC1(C)C. The number of hydrogen-bond acceptors (Lipinski definition) is 5. The average molecular weight is 273 g/mol. The van der Waals surface area contributed by atoms with Gasteiger partial charge in [0, 0.05) is 0 Å². The Balaban J connectivity index is 2.07. The molecule has 0 bridgehead atoms. The molecule has 0 saturated heterocycles. The van der Waals surface area contributed by atoms with Crippen molar-refractivity contribution in [1.29, 1.82) is 0 Å². The molecular formula is C14H19N5O. The van der Waals surface area contributed by atoms with E-state index in [-0.39, 0.29) is 5.41 Å². The van der Waals surface area contributed by atoms with Gasteiger partial charge in [0.2, 0.25) is 0 Å². The summed E-state index contributed by atoms with van der Waals surface area (Å²) in [7, 11) is 0. The summed E-state index contributed by atoms with van der Waals surface area (Å²) in [6.07, 6.45) is 1.08. The molecule has 1 aromatic carbocycles. The second-order valence-electron chi connectivity index (χ2n) is 5.81. The van der Waals surface area contributed by atoms with Gasteiger partial charge in [-0.3, -0.25) is 0 Å². The lowest BCUT2D eigenvalue weighted by Crippen LogP contribution is -2.06. The third-order valence-electron chi connectivity index (χ3n) is 3.82. The topological polar surface area (TPSA) is 78.8 Å². The number of nitrogens with two attached hydrogens (primary N) is 1. The van der Waals surface area contributed by atoms with Crippen LogP contribution in [0.5, 0.6) is 5.75 Å². The molecule has 6 nitrogen and oxygen atoms in total. The number of para-hydroxylation sites is 1. The Morgan fingerprint density at radius 1 is 1.45 bits per heavy atom. The maximum atomic E-state index is 6.01. The van der Waals surface area contributed by atoms with E-state index in [0.29, 0.717) is 24.1 Å². The van der Waals surface area contributed by atoms with Crippen molar-refractivity contribution in [2.24, 2.45) is 5.41 Å². The molecule has 3 rings (SSSR count). The zero-order chi connectivity index (χ0) is 14.3. The number of tetrazole rings is 1. The minimum Gasteiger partial charge on any atom is -0.491 e. The van der Waals surface area contributed by atoms with Gasteiger partial charge < -0.3 is 10.5 Å². The van der Waals surface area contributed by atoms with Crippen LogP contribution in [-0.2, 0) is 0 Å². The van der Waals surface area contributed by atoms with Gasteiger partial charge in [0.05, 0.1) is 23.9 Å². The molecule has 6 heteroatoms.